The van der Waals surface area contributed by atoms with Crippen LogP contribution in [0, 0.1) is 0 Å². The van der Waals surface area contributed by atoms with E-state index >= 15 is 0 Å². The van der Waals surface area contributed by atoms with Crippen molar-refractivity contribution >= 4 is 10.8 Å². The summed E-state index contributed by atoms with van der Waals surface area (Å²) in [6, 6.07) is 37.5. The third-order valence-electron chi connectivity index (χ3n) is 3.54. The summed E-state index contributed by atoms with van der Waals surface area (Å²) in [6.45, 7) is 32.0. The molecule has 0 amide bonds. The second-order valence-electron chi connectivity index (χ2n) is 5.08. The second-order valence-corrected chi connectivity index (χ2v) is 5.08. The van der Waals surface area contributed by atoms with E-state index in [0.717, 1.165) is 0 Å². The molecule has 4 aromatic rings. The van der Waals surface area contributed by atoms with Gasteiger partial charge in [-0.3, -0.25) is 0 Å². The maximum absolute atomic E-state index is 2.12. The Morgan fingerprint density at radius 2 is 0.368 bits per heavy atom. The second kappa shape index (κ2) is 50.9. The van der Waals surface area contributed by atoms with Crippen LogP contribution in [0.4, 0.5) is 0 Å². The van der Waals surface area contributed by atoms with Gasteiger partial charge in [-0.25, -0.2) is 0 Å². The molecule has 0 N–H and O–H groups in total. The lowest BCUT2D eigenvalue weighted by Gasteiger charge is -1.98. The summed E-state index contributed by atoms with van der Waals surface area (Å²) in [6.07, 6.45) is 0. The van der Waals surface area contributed by atoms with Crippen LogP contribution in [0.5, 0.6) is 0 Å². The van der Waals surface area contributed by atoms with Gasteiger partial charge in [0.05, 0.1) is 0 Å². The first-order valence-corrected chi connectivity index (χ1v) is 15.5. The molecule has 0 heteroatoms. The Labute approximate surface area is 241 Å². The molecule has 0 unspecified atom stereocenters. The van der Waals surface area contributed by atoms with Gasteiger partial charge in [0.2, 0.25) is 0 Å². The molecule has 218 valence electrons. The Morgan fingerprint density at radius 3 is 0.553 bits per heavy atom. The molecule has 0 spiro atoms. The summed E-state index contributed by atoms with van der Waals surface area (Å²) >= 11 is 0. The van der Waals surface area contributed by atoms with Crippen molar-refractivity contribution in [3.05, 3.63) is 109 Å². The summed E-state index contributed by atoms with van der Waals surface area (Å²) in [5.41, 5.74) is 2.55. The fourth-order valence-corrected chi connectivity index (χ4v) is 2.39. The number of fused-ring (bicyclic) bond motifs is 1. The maximum atomic E-state index is 2.12. The number of benzene rings is 4. The Hall–Kier alpha value is -2.86. The zero-order valence-corrected chi connectivity index (χ0v) is 28.4. The Morgan fingerprint density at radius 1 is 0.211 bits per heavy atom. The van der Waals surface area contributed by atoms with Crippen molar-refractivity contribution < 1.29 is 0 Å². The largest absolute Gasteiger partial charge is 0.0683 e. The molecule has 0 aliphatic heterocycles. The lowest BCUT2D eigenvalue weighted by Crippen LogP contribution is -1.73. The molecule has 0 saturated heterocycles. The first kappa shape index (κ1) is 48.2. The van der Waals surface area contributed by atoms with Crippen LogP contribution in [-0.2, 0) is 0 Å². The highest BCUT2D eigenvalue weighted by molar-refractivity contribution is 5.82. The van der Waals surface area contributed by atoms with Crippen molar-refractivity contribution in [2.45, 2.75) is 111 Å². The predicted molar refractivity (Wildman–Crippen MR) is 187 cm³/mol. The minimum atomic E-state index is 1.28. The van der Waals surface area contributed by atoms with Gasteiger partial charge in [-0.15, -0.1) is 0 Å². The summed E-state index contributed by atoms with van der Waals surface area (Å²) in [7, 11) is 0. The van der Waals surface area contributed by atoms with Gasteiger partial charge >= 0.3 is 0 Å². The van der Waals surface area contributed by atoms with Crippen molar-refractivity contribution in [2.75, 3.05) is 0 Å². The first-order chi connectivity index (χ1) is 18.9. The summed E-state index contributed by atoms with van der Waals surface area (Å²) in [4.78, 5) is 0. The van der Waals surface area contributed by atoms with E-state index in [1.807, 2.05) is 123 Å². The van der Waals surface area contributed by atoms with E-state index in [4.69, 9.17) is 0 Å². The molecule has 0 nitrogen and oxygen atoms in total. The smallest absolute Gasteiger partial charge is 0.0184 e. The van der Waals surface area contributed by atoms with Crippen LogP contribution < -0.4 is 0 Å². The highest BCUT2D eigenvalue weighted by Crippen LogP contribution is 2.17. The molecule has 0 aliphatic rings. The van der Waals surface area contributed by atoms with Gasteiger partial charge in [0.25, 0.3) is 0 Å². The zero-order chi connectivity index (χ0) is 31.0. The van der Waals surface area contributed by atoms with Gasteiger partial charge in [0.1, 0.15) is 0 Å². The normalized spacial score (nSPS) is 6.95. The van der Waals surface area contributed by atoms with Gasteiger partial charge < -0.3 is 0 Å². The van der Waals surface area contributed by atoms with Gasteiger partial charge in [0, 0.05) is 0 Å². The molecule has 0 aliphatic carbocycles. The molecule has 0 fully saturated rings. The summed E-state index contributed by atoms with van der Waals surface area (Å²) < 4.78 is 0. The molecule has 0 heterocycles. The van der Waals surface area contributed by atoms with Crippen molar-refractivity contribution in [3.63, 3.8) is 0 Å². The molecule has 0 aromatic heterocycles. The quantitative estimate of drug-likeness (QED) is 0.233. The number of rotatable bonds is 1. The van der Waals surface area contributed by atoms with Gasteiger partial charge in [-0.1, -0.05) is 220 Å². The summed E-state index contributed by atoms with van der Waals surface area (Å²) in [5, 5.41) is 2.62. The lowest BCUT2D eigenvalue weighted by atomic mass is 10.1. The van der Waals surface area contributed by atoms with Crippen molar-refractivity contribution in [3.8, 4) is 11.1 Å². The van der Waals surface area contributed by atoms with E-state index in [2.05, 4.69) is 97.1 Å². The van der Waals surface area contributed by atoms with Crippen molar-refractivity contribution in [2.24, 2.45) is 0 Å². The Bertz CT molecular complexity index is 715. The fourth-order valence-electron chi connectivity index (χ4n) is 2.39. The Balaban J connectivity index is -0.0000000892. The highest BCUT2D eigenvalue weighted by Gasteiger charge is 1.91. The van der Waals surface area contributed by atoms with Crippen LogP contribution in [0.15, 0.2) is 109 Å². The van der Waals surface area contributed by atoms with Crippen molar-refractivity contribution in [1.82, 2.24) is 0 Å². The third kappa shape index (κ3) is 27.7. The standard InChI is InChI=1S/C12H10.C10H8.8C2H6/c1-3-7-11(8-4-1)12-9-5-2-6-10-12;1-2-6-10-8-4-3-7-9(10)5-1;8*1-2/h1-10H;1-8H;8*1-2H3. The Kier molecular flexibility index (Phi) is 64.6. The number of hydrogen-bond acceptors (Lipinski definition) is 0. The minimum absolute atomic E-state index is 1.28. The van der Waals surface area contributed by atoms with E-state index in [1.54, 1.807) is 0 Å². The molecule has 38 heavy (non-hydrogen) atoms. The molecule has 0 saturated carbocycles. The third-order valence-corrected chi connectivity index (χ3v) is 3.54. The van der Waals surface area contributed by atoms with E-state index in [0.29, 0.717) is 0 Å². The van der Waals surface area contributed by atoms with Crippen LogP contribution in [-0.4, -0.2) is 0 Å². The molecule has 0 radical (unpaired) electrons. The average Bonchev–Trinajstić information content (AvgIpc) is 3.09. The number of hydrogen-bond donors (Lipinski definition) is 0. The predicted octanol–water partition coefficient (Wildman–Crippen LogP) is 14.4. The maximum Gasteiger partial charge on any atom is -0.0184 e. The van der Waals surface area contributed by atoms with Crippen LogP contribution in [0.1, 0.15) is 111 Å². The van der Waals surface area contributed by atoms with Crippen LogP contribution in [0.2, 0.25) is 0 Å². The van der Waals surface area contributed by atoms with Gasteiger partial charge in [0.15, 0.2) is 0 Å². The molecule has 4 aromatic carbocycles. The molecule has 0 atom stereocenters. The van der Waals surface area contributed by atoms with E-state index in [1.165, 1.54) is 21.9 Å². The first-order valence-electron chi connectivity index (χ1n) is 15.5. The SMILES string of the molecule is CC.CC.CC.CC.CC.CC.CC.CC.c1ccc(-c2ccccc2)cc1.c1ccc2ccccc2c1. The fraction of sp³-hybridized carbons (Fsp3) is 0.421. The highest BCUT2D eigenvalue weighted by atomic mass is 14.0. The van der Waals surface area contributed by atoms with Gasteiger partial charge in [-0.2, -0.15) is 0 Å². The zero-order valence-electron chi connectivity index (χ0n) is 28.4. The topological polar surface area (TPSA) is 0 Å². The summed E-state index contributed by atoms with van der Waals surface area (Å²) in [5.74, 6) is 0. The van der Waals surface area contributed by atoms with E-state index in [-0.39, 0.29) is 0 Å². The lowest BCUT2D eigenvalue weighted by molar-refractivity contribution is 1.50. The van der Waals surface area contributed by atoms with Gasteiger partial charge in [-0.05, 0) is 21.9 Å². The average molecular weight is 523 g/mol. The molecule has 4 rings (SSSR count). The minimum Gasteiger partial charge on any atom is -0.0683 e. The van der Waals surface area contributed by atoms with Crippen LogP contribution >= 0.6 is 0 Å². The monoisotopic (exact) mass is 523 g/mol. The molecule has 0 bridgehead atoms. The van der Waals surface area contributed by atoms with E-state index < -0.39 is 0 Å². The van der Waals surface area contributed by atoms with Crippen molar-refractivity contribution in [1.29, 1.82) is 0 Å². The molecular weight excluding hydrogens is 456 g/mol. The van der Waals surface area contributed by atoms with Crippen LogP contribution in [0.25, 0.3) is 21.9 Å². The van der Waals surface area contributed by atoms with E-state index in [9.17, 15) is 0 Å². The molecular formula is C38H66. The van der Waals surface area contributed by atoms with Crippen LogP contribution in [0.3, 0.4) is 0 Å².